The third-order valence-electron chi connectivity index (χ3n) is 3.55. The zero-order valence-electron chi connectivity index (χ0n) is 13.3. The zero-order valence-corrected chi connectivity index (χ0v) is 14.9. The van der Waals surface area contributed by atoms with Gasteiger partial charge in [0, 0.05) is 5.56 Å². The van der Waals surface area contributed by atoms with Crippen LogP contribution in [0.3, 0.4) is 0 Å². The summed E-state index contributed by atoms with van der Waals surface area (Å²) in [6, 6.07) is 6.96. The Balaban J connectivity index is 0.00000264. The molecule has 0 spiro atoms. The molecular formula is C15H21ClN4O2S. The highest BCUT2D eigenvalue weighted by molar-refractivity contribution is 7.18. The van der Waals surface area contributed by atoms with Crippen LogP contribution in [0.5, 0.6) is 5.75 Å². The van der Waals surface area contributed by atoms with Crippen molar-refractivity contribution >= 4 is 34.8 Å². The Morgan fingerprint density at radius 1 is 1.35 bits per heavy atom. The third kappa shape index (κ3) is 4.89. The van der Waals surface area contributed by atoms with Crippen molar-refractivity contribution in [1.82, 2.24) is 10.2 Å². The van der Waals surface area contributed by atoms with Crippen LogP contribution in [0.1, 0.15) is 20.3 Å². The molecule has 2 unspecified atom stereocenters. The van der Waals surface area contributed by atoms with Crippen LogP contribution in [-0.2, 0) is 4.79 Å². The molecule has 2 rings (SSSR count). The first-order valence-electron chi connectivity index (χ1n) is 7.09. The van der Waals surface area contributed by atoms with E-state index in [0.717, 1.165) is 22.7 Å². The van der Waals surface area contributed by atoms with Gasteiger partial charge in [0.2, 0.25) is 11.0 Å². The Hall–Kier alpha value is -1.70. The van der Waals surface area contributed by atoms with Crippen molar-refractivity contribution in [3.05, 3.63) is 24.3 Å². The number of benzene rings is 1. The molecule has 1 heterocycles. The van der Waals surface area contributed by atoms with E-state index < -0.39 is 6.04 Å². The molecule has 1 aromatic heterocycles. The van der Waals surface area contributed by atoms with Crippen LogP contribution in [0, 0.1) is 5.92 Å². The smallest absolute Gasteiger partial charge is 0.243 e. The molecule has 0 aliphatic carbocycles. The van der Waals surface area contributed by atoms with Crippen LogP contribution in [0.4, 0.5) is 5.13 Å². The SMILES string of the molecule is CCC(C)C(N)C(=O)Nc1nnc(-c2ccc(OC)cc2)s1.Cl. The van der Waals surface area contributed by atoms with E-state index in [4.69, 9.17) is 10.5 Å². The monoisotopic (exact) mass is 356 g/mol. The number of amides is 1. The van der Waals surface area contributed by atoms with Crippen molar-refractivity contribution in [3.63, 3.8) is 0 Å². The second-order valence-electron chi connectivity index (χ2n) is 5.04. The van der Waals surface area contributed by atoms with Gasteiger partial charge in [0.1, 0.15) is 10.8 Å². The normalized spacial score (nSPS) is 12.9. The van der Waals surface area contributed by atoms with Gasteiger partial charge in [0.25, 0.3) is 0 Å². The lowest BCUT2D eigenvalue weighted by molar-refractivity contribution is -0.118. The van der Waals surface area contributed by atoms with Crippen LogP contribution in [0.25, 0.3) is 10.6 Å². The van der Waals surface area contributed by atoms with E-state index in [-0.39, 0.29) is 24.2 Å². The summed E-state index contributed by atoms with van der Waals surface area (Å²) in [5, 5.41) is 12.0. The number of methoxy groups -OCH3 is 1. The van der Waals surface area contributed by atoms with E-state index in [1.54, 1.807) is 7.11 Å². The summed E-state index contributed by atoms with van der Waals surface area (Å²) in [7, 11) is 1.62. The molecule has 8 heteroatoms. The number of aromatic nitrogens is 2. The van der Waals surface area contributed by atoms with Crippen LogP contribution >= 0.6 is 23.7 Å². The number of carbonyl (C=O) groups is 1. The van der Waals surface area contributed by atoms with Gasteiger partial charge >= 0.3 is 0 Å². The first kappa shape index (κ1) is 19.3. The zero-order chi connectivity index (χ0) is 16.1. The van der Waals surface area contributed by atoms with Gasteiger partial charge in [-0.3, -0.25) is 10.1 Å². The van der Waals surface area contributed by atoms with Gasteiger partial charge in [-0.15, -0.1) is 22.6 Å². The minimum absolute atomic E-state index is 0. The van der Waals surface area contributed by atoms with Gasteiger partial charge in [-0.1, -0.05) is 31.6 Å². The first-order chi connectivity index (χ1) is 10.5. The number of nitrogens with one attached hydrogen (secondary N) is 1. The molecule has 6 nitrogen and oxygen atoms in total. The second-order valence-corrected chi connectivity index (χ2v) is 6.02. The number of halogens is 1. The lowest BCUT2D eigenvalue weighted by Crippen LogP contribution is -2.40. The fraction of sp³-hybridized carbons (Fsp3) is 0.400. The molecule has 0 aliphatic heterocycles. The predicted molar refractivity (Wildman–Crippen MR) is 95.2 cm³/mol. The minimum atomic E-state index is -0.543. The minimum Gasteiger partial charge on any atom is -0.497 e. The molecular weight excluding hydrogens is 336 g/mol. The van der Waals surface area contributed by atoms with Crippen LogP contribution in [0.15, 0.2) is 24.3 Å². The molecule has 2 atom stereocenters. The highest BCUT2D eigenvalue weighted by atomic mass is 35.5. The molecule has 0 saturated heterocycles. The van der Waals surface area contributed by atoms with E-state index in [1.165, 1.54) is 11.3 Å². The van der Waals surface area contributed by atoms with Gasteiger partial charge in [0.15, 0.2) is 0 Å². The highest BCUT2D eigenvalue weighted by Crippen LogP contribution is 2.27. The van der Waals surface area contributed by atoms with Gasteiger partial charge < -0.3 is 10.5 Å². The topological polar surface area (TPSA) is 90.1 Å². The molecule has 2 aromatic rings. The summed E-state index contributed by atoms with van der Waals surface area (Å²) in [4.78, 5) is 12.0. The van der Waals surface area contributed by atoms with Gasteiger partial charge in [-0.25, -0.2) is 0 Å². The maximum Gasteiger partial charge on any atom is 0.243 e. The molecule has 0 aliphatic rings. The largest absolute Gasteiger partial charge is 0.497 e. The summed E-state index contributed by atoms with van der Waals surface area (Å²) < 4.78 is 5.12. The van der Waals surface area contributed by atoms with E-state index in [1.807, 2.05) is 38.1 Å². The maximum absolute atomic E-state index is 12.0. The lowest BCUT2D eigenvalue weighted by Gasteiger charge is -2.16. The first-order valence-corrected chi connectivity index (χ1v) is 7.91. The molecule has 0 fully saturated rings. The van der Waals surface area contributed by atoms with E-state index >= 15 is 0 Å². The predicted octanol–water partition coefficient (Wildman–Crippen LogP) is 2.95. The Morgan fingerprint density at radius 3 is 2.57 bits per heavy atom. The number of ether oxygens (including phenoxy) is 1. The fourth-order valence-electron chi connectivity index (χ4n) is 1.83. The van der Waals surface area contributed by atoms with Crippen LogP contribution in [0.2, 0.25) is 0 Å². The van der Waals surface area contributed by atoms with Gasteiger partial charge in [-0.2, -0.15) is 0 Å². The number of hydrogen-bond donors (Lipinski definition) is 2. The quantitative estimate of drug-likeness (QED) is 0.830. The third-order valence-corrected chi connectivity index (χ3v) is 4.44. The Morgan fingerprint density at radius 2 is 2.00 bits per heavy atom. The average Bonchev–Trinajstić information content (AvgIpc) is 3.01. The average molecular weight is 357 g/mol. The van der Waals surface area contributed by atoms with Crippen LogP contribution in [-0.4, -0.2) is 29.3 Å². The standard InChI is InChI=1S/C15H20N4O2S.ClH/c1-4-9(2)12(16)13(20)17-15-19-18-14(22-15)10-5-7-11(21-3)8-6-10;/h5-9,12H,4,16H2,1-3H3,(H,17,19,20);1H. The number of carbonyl (C=O) groups excluding carboxylic acids is 1. The Bertz CT molecular complexity index is 633. The molecule has 0 radical (unpaired) electrons. The molecule has 23 heavy (non-hydrogen) atoms. The van der Waals surface area contributed by atoms with Crippen molar-refractivity contribution in [2.24, 2.45) is 11.7 Å². The van der Waals surface area contributed by atoms with Crippen molar-refractivity contribution < 1.29 is 9.53 Å². The van der Waals surface area contributed by atoms with Crippen molar-refractivity contribution in [3.8, 4) is 16.3 Å². The summed E-state index contributed by atoms with van der Waals surface area (Å²) in [6.07, 6.45) is 0.849. The summed E-state index contributed by atoms with van der Waals surface area (Å²) >= 11 is 1.31. The Kier molecular flexibility index (Phi) is 7.41. The molecule has 1 aromatic carbocycles. The van der Waals surface area contributed by atoms with Crippen molar-refractivity contribution in [1.29, 1.82) is 0 Å². The van der Waals surface area contributed by atoms with Crippen molar-refractivity contribution in [2.45, 2.75) is 26.3 Å². The summed E-state index contributed by atoms with van der Waals surface area (Å²) in [5.41, 5.74) is 6.82. The molecule has 0 bridgehead atoms. The van der Waals surface area contributed by atoms with E-state index in [9.17, 15) is 4.79 Å². The van der Waals surface area contributed by atoms with Crippen molar-refractivity contribution in [2.75, 3.05) is 12.4 Å². The van der Waals surface area contributed by atoms with Gasteiger partial charge in [-0.05, 0) is 30.2 Å². The lowest BCUT2D eigenvalue weighted by atomic mass is 10.00. The van der Waals surface area contributed by atoms with E-state index in [2.05, 4.69) is 15.5 Å². The second kappa shape index (κ2) is 8.81. The molecule has 3 N–H and O–H groups in total. The molecule has 1 amide bonds. The molecule has 0 saturated carbocycles. The Labute approximate surface area is 145 Å². The fourth-order valence-corrected chi connectivity index (χ4v) is 2.58. The maximum atomic E-state index is 12.0. The van der Waals surface area contributed by atoms with Crippen LogP contribution < -0.4 is 15.8 Å². The summed E-state index contributed by atoms with van der Waals surface area (Å²) in [5.74, 6) is 0.669. The number of hydrogen-bond acceptors (Lipinski definition) is 6. The summed E-state index contributed by atoms with van der Waals surface area (Å²) in [6.45, 7) is 3.96. The number of rotatable bonds is 6. The van der Waals surface area contributed by atoms with Gasteiger partial charge in [0.05, 0.1) is 13.2 Å². The number of anilines is 1. The van der Waals surface area contributed by atoms with E-state index in [0.29, 0.717) is 5.13 Å². The number of nitrogens with zero attached hydrogens (tertiary/aromatic N) is 2. The highest BCUT2D eigenvalue weighted by Gasteiger charge is 2.20. The number of nitrogens with two attached hydrogens (primary N) is 1. The molecule has 126 valence electrons.